The van der Waals surface area contributed by atoms with Crippen LogP contribution in [0.1, 0.15) is 84.2 Å². The third-order valence-electron chi connectivity index (χ3n) is 14.3. The molecule has 2 aromatic carbocycles. The number of hydrazine groups is 1. The molecule has 304 valence electrons. The highest BCUT2D eigenvalue weighted by molar-refractivity contribution is 6.23. The molecule has 12 rings (SSSR count). The largest absolute Gasteiger partial charge is 0.488 e. The molecule has 0 spiro atoms. The highest BCUT2D eigenvalue weighted by Crippen LogP contribution is 2.73. The van der Waals surface area contributed by atoms with Crippen molar-refractivity contribution < 1.29 is 23.9 Å². The normalized spacial score (nSPS) is 31.3. The van der Waals surface area contributed by atoms with Crippen LogP contribution in [-0.4, -0.2) is 133 Å². The summed E-state index contributed by atoms with van der Waals surface area (Å²) < 4.78 is 6.28. The average molecular weight is 789 g/mol. The number of aliphatic imine (C=N–C) groups is 1. The molecular formula is C43H52N10O5. The van der Waals surface area contributed by atoms with Gasteiger partial charge in [-0.1, -0.05) is 0 Å². The Balaban J connectivity index is 0.636. The second-order valence-electron chi connectivity index (χ2n) is 18.7. The topological polar surface area (TPSA) is 154 Å². The molecule has 0 aromatic heterocycles. The number of anilines is 2. The van der Waals surface area contributed by atoms with Crippen molar-refractivity contribution in [2.24, 2.45) is 15.8 Å². The predicted molar refractivity (Wildman–Crippen MR) is 216 cm³/mol. The van der Waals surface area contributed by atoms with Crippen LogP contribution in [0.25, 0.3) is 0 Å². The Morgan fingerprint density at radius 1 is 0.810 bits per heavy atom. The number of hydrogen-bond donors (Lipinski definition) is 4. The molecule has 2 bridgehead atoms. The molecule has 15 nitrogen and oxygen atoms in total. The molecular weight excluding hydrogens is 737 g/mol. The van der Waals surface area contributed by atoms with Crippen LogP contribution in [0.3, 0.4) is 0 Å². The number of ether oxygens (including phenoxy) is 1. The summed E-state index contributed by atoms with van der Waals surface area (Å²) in [6, 6.07) is 10.8. The second-order valence-corrected chi connectivity index (χ2v) is 18.7. The van der Waals surface area contributed by atoms with Gasteiger partial charge in [0.15, 0.2) is 0 Å². The summed E-state index contributed by atoms with van der Waals surface area (Å²) >= 11 is 0. The quantitative estimate of drug-likeness (QED) is 0.276. The van der Waals surface area contributed by atoms with E-state index in [9.17, 15) is 19.2 Å². The van der Waals surface area contributed by atoms with Gasteiger partial charge in [-0.15, -0.1) is 0 Å². The van der Waals surface area contributed by atoms with E-state index in [4.69, 9.17) is 9.73 Å². The molecule has 4 amide bonds. The van der Waals surface area contributed by atoms with Gasteiger partial charge in [-0.3, -0.25) is 39.2 Å². The number of rotatable bonds is 9. The number of carbonyl (C=O) groups excluding carboxylic acids is 4. The van der Waals surface area contributed by atoms with Gasteiger partial charge in [0.05, 0.1) is 22.9 Å². The fourth-order valence-corrected chi connectivity index (χ4v) is 11.3. The molecule has 6 aliphatic heterocycles. The Hall–Kier alpha value is -4.99. The lowest BCUT2D eigenvalue weighted by molar-refractivity contribution is -0.223. The third kappa shape index (κ3) is 6.24. The summed E-state index contributed by atoms with van der Waals surface area (Å²) in [6.45, 7) is 12.9. The lowest BCUT2D eigenvalue weighted by Crippen LogP contribution is -2.70. The fourth-order valence-electron chi connectivity index (χ4n) is 11.3. The highest BCUT2D eigenvalue weighted by atomic mass is 16.5. The monoisotopic (exact) mass is 788 g/mol. The summed E-state index contributed by atoms with van der Waals surface area (Å²) in [7, 11) is 0. The summed E-state index contributed by atoms with van der Waals surface area (Å²) in [5.74, 6) is 0.120. The molecule has 7 fully saturated rings. The molecule has 6 heterocycles. The first kappa shape index (κ1) is 36.1. The van der Waals surface area contributed by atoms with Crippen LogP contribution in [-0.2, 0) is 9.59 Å². The first-order valence-electron chi connectivity index (χ1n) is 21.2. The van der Waals surface area contributed by atoms with E-state index in [0.717, 1.165) is 105 Å². The SMILES string of the molecule is CC1(Oc2ccc3c(c2)C(C2=CC(N4CCN(CC56CC(CN7CCN(c8ccc9c(c8)C(=O)N(C8CCC(=O)NC8=O)C9=O)CC7)(C5)C6)CC4)=NCN2)NN3)CC1. The third-order valence-corrected chi connectivity index (χ3v) is 14.3. The number of piperazine rings is 2. The minimum atomic E-state index is -0.951. The Bertz CT molecular complexity index is 2150. The van der Waals surface area contributed by atoms with Crippen LogP contribution in [0, 0.1) is 10.8 Å². The Kier molecular flexibility index (Phi) is 8.26. The number of amides is 4. The van der Waals surface area contributed by atoms with Gasteiger partial charge in [0, 0.05) is 94.9 Å². The molecule has 2 unspecified atom stereocenters. The van der Waals surface area contributed by atoms with E-state index in [1.807, 2.05) is 6.07 Å². The number of carbonyl (C=O) groups is 4. The van der Waals surface area contributed by atoms with Crippen molar-refractivity contribution in [3.8, 4) is 5.75 Å². The molecule has 58 heavy (non-hydrogen) atoms. The van der Waals surface area contributed by atoms with Gasteiger partial charge in [0.2, 0.25) is 11.8 Å². The summed E-state index contributed by atoms with van der Waals surface area (Å²) in [6.07, 6.45) is 8.69. The number of amidine groups is 1. The molecule has 15 heteroatoms. The van der Waals surface area contributed by atoms with Crippen molar-refractivity contribution in [3.63, 3.8) is 0 Å². The molecule has 2 atom stereocenters. The second kappa shape index (κ2) is 13.3. The van der Waals surface area contributed by atoms with Crippen molar-refractivity contribution in [1.82, 2.24) is 35.7 Å². The maximum Gasteiger partial charge on any atom is 0.262 e. The van der Waals surface area contributed by atoms with Crippen molar-refractivity contribution in [2.45, 2.75) is 69.6 Å². The molecule has 10 aliphatic rings. The minimum Gasteiger partial charge on any atom is -0.488 e. The molecule has 2 aromatic rings. The molecule has 0 radical (unpaired) electrons. The Labute approximate surface area is 338 Å². The lowest BCUT2D eigenvalue weighted by Gasteiger charge is -2.73. The molecule has 4 aliphatic carbocycles. The van der Waals surface area contributed by atoms with Crippen LogP contribution in [0.4, 0.5) is 11.4 Å². The standard InChI is InChI=1S/C43H52N10O5/c1-41(8-9-41)58-28-3-5-32-31(19-28)37(48-47-32)33-20-35(45-26-44-33)52-16-12-50(13-17-52)25-43-21-42(22-43,23-43)24-49-10-14-51(15-11-49)27-2-4-29-30(18-27)40(57)53(39(29)56)34-6-7-36(54)46-38(34)55/h2-5,18-20,34,37,44,47-48H,6-17,21-26H2,1H3,(H,46,54,55). The number of benzene rings is 2. The van der Waals surface area contributed by atoms with Crippen molar-refractivity contribution in [3.05, 3.63) is 64.9 Å². The number of fused-ring (bicyclic) bond motifs is 2. The van der Waals surface area contributed by atoms with E-state index in [1.165, 1.54) is 31.4 Å². The van der Waals surface area contributed by atoms with Crippen molar-refractivity contribution in [2.75, 3.05) is 82.4 Å². The zero-order chi connectivity index (χ0) is 39.4. The highest BCUT2D eigenvalue weighted by Gasteiger charge is 2.67. The van der Waals surface area contributed by atoms with Crippen LogP contribution >= 0.6 is 0 Å². The maximum absolute atomic E-state index is 13.4. The van der Waals surface area contributed by atoms with E-state index >= 15 is 0 Å². The van der Waals surface area contributed by atoms with E-state index in [-0.39, 0.29) is 30.4 Å². The van der Waals surface area contributed by atoms with Crippen molar-refractivity contribution in [1.29, 1.82) is 0 Å². The van der Waals surface area contributed by atoms with Gasteiger partial charge in [-0.05, 0) is 92.7 Å². The first-order valence-corrected chi connectivity index (χ1v) is 21.2. The molecule has 3 saturated heterocycles. The number of piperidine rings is 1. The van der Waals surface area contributed by atoms with Gasteiger partial charge in [-0.25, -0.2) is 10.4 Å². The van der Waals surface area contributed by atoms with Gasteiger partial charge in [0.1, 0.15) is 29.9 Å². The lowest BCUT2D eigenvalue weighted by atomic mass is 9.35. The Morgan fingerprint density at radius 3 is 2.19 bits per heavy atom. The number of nitrogens with one attached hydrogen (secondary N) is 4. The van der Waals surface area contributed by atoms with Gasteiger partial charge in [-0.2, -0.15) is 0 Å². The molecule has 4 N–H and O–H groups in total. The smallest absolute Gasteiger partial charge is 0.262 e. The van der Waals surface area contributed by atoms with Gasteiger partial charge >= 0.3 is 0 Å². The Morgan fingerprint density at radius 2 is 1.50 bits per heavy atom. The van der Waals surface area contributed by atoms with Crippen LogP contribution in [0.2, 0.25) is 0 Å². The number of nitrogens with zero attached hydrogens (tertiary/aromatic N) is 6. The predicted octanol–water partition coefficient (Wildman–Crippen LogP) is 2.44. The number of imide groups is 2. The van der Waals surface area contributed by atoms with Crippen molar-refractivity contribution >= 4 is 40.8 Å². The summed E-state index contributed by atoms with van der Waals surface area (Å²) in [5.41, 5.74) is 12.8. The number of hydrogen-bond acceptors (Lipinski definition) is 13. The van der Waals surface area contributed by atoms with E-state index in [1.54, 1.807) is 12.1 Å². The summed E-state index contributed by atoms with van der Waals surface area (Å²) in [4.78, 5) is 66.6. The van der Waals surface area contributed by atoms with Crippen LogP contribution < -0.4 is 31.1 Å². The van der Waals surface area contributed by atoms with Gasteiger partial charge in [0.25, 0.3) is 11.8 Å². The van der Waals surface area contributed by atoms with Crippen LogP contribution in [0.15, 0.2) is 53.2 Å². The van der Waals surface area contributed by atoms with E-state index < -0.39 is 23.8 Å². The van der Waals surface area contributed by atoms with Crippen LogP contribution in [0.5, 0.6) is 5.75 Å². The average Bonchev–Trinajstić information content (AvgIpc) is 3.68. The fraction of sp³-hybridized carbons (Fsp3) is 0.558. The van der Waals surface area contributed by atoms with E-state index in [2.05, 4.69) is 72.3 Å². The zero-order valence-corrected chi connectivity index (χ0v) is 33.1. The van der Waals surface area contributed by atoms with E-state index in [0.29, 0.717) is 28.6 Å². The minimum absolute atomic E-state index is 0.0110. The molecule has 4 saturated carbocycles. The van der Waals surface area contributed by atoms with Gasteiger partial charge < -0.3 is 25.3 Å². The summed E-state index contributed by atoms with van der Waals surface area (Å²) in [5, 5.41) is 5.79. The zero-order valence-electron chi connectivity index (χ0n) is 33.1. The first-order chi connectivity index (χ1) is 28.0. The maximum atomic E-state index is 13.4.